The van der Waals surface area contributed by atoms with Crippen LogP contribution in [0.15, 0.2) is 72.8 Å². The Kier molecular flexibility index (Phi) is 4.43. The number of phenols is 1. The fourth-order valence-electron chi connectivity index (χ4n) is 3.61. The van der Waals surface area contributed by atoms with E-state index in [1.165, 1.54) is 11.1 Å². The van der Waals surface area contributed by atoms with E-state index < -0.39 is 0 Å². The highest BCUT2D eigenvalue weighted by Crippen LogP contribution is 2.44. The van der Waals surface area contributed by atoms with E-state index in [2.05, 4.69) is 70.2 Å². The Morgan fingerprint density at radius 3 is 1.68 bits per heavy atom. The Labute approximate surface area is 151 Å². The smallest absolute Gasteiger partial charge is 0.120 e. The maximum absolute atomic E-state index is 10.8. The Hall–Kier alpha value is -2.54. The summed E-state index contributed by atoms with van der Waals surface area (Å²) in [7, 11) is 0. The lowest BCUT2D eigenvalue weighted by atomic mass is 9.68. The summed E-state index contributed by atoms with van der Waals surface area (Å²) >= 11 is 0. The number of phenolic OH excluding ortho intramolecular Hbond substituents is 1. The van der Waals surface area contributed by atoms with Gasteiger partial charge in [-0.1, -0.05) is 94.4 Å². The molecule has 25 heavy (non-hydrogen) atoms. The van der Waals surface area contributed by atoms with E-state index in [0.717, 1.165) is 11.1 Å². The molecule has 0 saturated heterocycles. The van der Waals surface area contributed by atoms with Gasteiger partial charge in [0, 0.05) is 16.4 Å². The molecule has 0 heterocycles. The van der Waals surface area contributed by atoms with Crippen molar-refractivity contribution in [3.8, 4) is 5.75 Å². The van der Waals surface area contributed by atoms with Crippen LogP contribution in [0, 0.1) is 6.07 Å². The van der Waals surface area contributed by atoms with Gasteiger partial charge in [0.2, 0.25) is 0 Å². The molecule has 3 aromatic rings. The first kappa shape index (κ1) is 17.3. The van der Waals surface area contributed by atoms with Crippen LogP contribution in [0.5, 0.6) is 5.75 Å². The van der Waals surface area contributed by atoms with E-state index in [1.807, 2.05) is 30.3 Å². The highest BCUT2D eigenvalue weighted by Gasteiger charge is 2.35. The topological polar surface area (TPSA) is 20.2 Å². The van der Waals surface area contributed by atoms with Crippen LogP contribution in [-0.4, -0.2) is 5.11 Å². The average Bonchev–Trinajstić information content (AvgIpc) is 2.63. The third-order valence-corrected chi connectivity index (χ3v) is 5.22. The van der Waals surface area contributed by atoms with Gasteiger partial charge in [0.25, 0.3) is 0 Å². The highest BCUT2D eigenvalue weighted by molar-refractivity contribution is 5.54. The molecular formula is C24H25O. The Morgan fingerprint density at radius 2 is 1.16 bits per heavy atom. The normalized spacial score (nSPS) is 12.2. The largest absolute Gasteiger partial charge is 0.508 e. The van der Waals surface area contributed by atoms with Crippen LogP contribution in [0.3, 0.4) is 0 Å². The lowest BCUT2D eigenvalue weighted by Crippen LogP contribution is -2.28. The summed E-state index contributed by atoms with van der Waals surface area (Å²) in [4.78, 5) is 0. The van der Waals surface area contributed by atoms with Crippen molar-refractivity contribution in [2.24, 2.45) is 0 Å². The summed E-state index contributed by atoms with van der Waals surface area (Å²) in [5.74, 6) is 0.326. The van der Waals surface area contributed by atoms with E-state index in [4.69, 9.17) is 0 Å². The second-order valence-electron chi connectivity index (χ2n) is 7.59. The minimum atomic E-state index is -0.329. The number of hydrogen-bond acceptors (Lipinski definition) is 1. The zero-order valence-corrected chi connectivity index (χ0v) is 15.4. The van der Waals surface area contributed by atoms with Gasteiger partial charge in [0.15, 0.2) is 0 Å². The third-order valence-electron chi connectivity index (χ3n) is 5.22. The average molecular weight is 329 g/mol. The van der Waals surface area contributed by atoms with Crippen molar-refractivity contribution in [1.29, 1.82) is 0 Å². The van der Waals surface area contributed by atoms with E-state index >= 15 is 0 Å². The zero-order valence-electron chi connectivity index (χ0n) is 15.4. The second kappa shape index (κ2) is 6.40. The van der Waals surface area contributed by atoms with Crippen molar-refractivity contribution in [2.75, 3.05) is 0 Å². The molecule has 1 nitrogen and oxygen atoms in total. The summed E-state index contributed by atoms with van der Waals surface area (Å²) in [6, 6.07) is 27.7. The summed E-state index contributed by atoms with van der Waals surface area (Å²) in [5.41, 5.74) is 3.77. The monoisotopic (exact) mass is 329 g/mol. The van der Waals surface area contributed by atoms with Crippen LogP contribution in [0.25, 0.3) is 0 Å². The van der Waals surface area contributed by atoms with Crippen LogP contribution in [0.1, 0.15) is 49.9 Å². The number of rotatable bonds is 4. The number of benzene rings is 3. The molecule has 0 spiro atoms. The number of aromatic hydroxyl groups is 1. The second-order valence-corrected chi connectivity index (χ2v) is 7.59. The van der Waals surface area contributed by atoms with Crippen LogP contribution in [-0.2, 0) is 10.8 Å². The predicted molar refractivity (Wildman–Crippen MR) is 104 cm³/mol. The molecule has 0 bridgehead atoms. The molecular weight excluding hydrogens is 304 g/mol. The van der Waals surface area contributed by atoms with Gasteiger partial charge < -0.3 is 5.11 Å². The Balaban J connectivity index is 2.23. The van der Waals surface area contributed by atoms with E-state index in [9.17, 15) is 5.11 Å². The molecule has 1 radical (unpaired) electrons. The summed E-state index contributed by atoms with van der Waals surface area (Å²) in [6.45, 7) is 8.71. The van der Waals surface area contributed by atoms with Crippen molar-refractivity contribution < 1.29 is 5.11 Å². The van der Waals surface area contributed by atoms with Gasteiger partial charge in [-0.2, -0.15) is 0 Å². The molecule has 0 atom stereocenters. The van der Waals surface area contributed by atoms with Gasteiger partial charge in [-0.05, 0) is 28.8 Å². The molecule has 127 valence electrons. The number of hydrogen-bond donors (Lipinski definition) is 1. The summed E-state index contributed by atoms with van der Waals surface area (Å²) < 4.78 is 0. The van der Waals surface area contributed by atoms with Crippen LogP contribution >= 0.6 is 0 Å². The highest BCUT2D eigenvalue weighted by atomic mass is 16.3. The molecule has 3 aromatic carbocycles. The molecule has 0 aliphatic rings. The molecule has 1 N–H and O–H groups in total. The molecule has 0 saturated carbocycles. The van der Waals surface area contributed by atoms with Gasteiger partial charge in [-0.3, -0.25) is 0 Å². The molecule has 0 fully saturated rings. The summed E-state index contributed by atoms with van der Waals surface area (Å²) in [5, 5.41) is 10.8. The molecule has 0 amide bonds. The van der Waals surface area contributed by atoms with Gasteiger partial charge in [-0.25, -0.2) is 0 Å². The molecule has 0 aliphatic carbocycles. The van der Waals surface area contributed by atoms with Crippen molar-refractivity contribution in [2.45, 2.75) is 38.5 Å². The van der Waals surface area contributed by atoms with Crippen molar-refractivity contribution in [1.82, 2.24) is 0 Å². The lowest BCUT2D eigenvalue weighted by molar-refractivity contribution is 0.445. The Bertz CT molecular complexity index is 846. The van der Waals surface area contributed by atoms with Crippen molar-refractivity contribution >= 4 is 0 Å². The standard InChI is InChI=1S/C24H25O/c1-23(2,18-12-7-5-8-13-18)20-16-11-17-21(25)22(20)24(3,4)19-14-9-6-10-15-19/h5-15,17,25H,1-4H3. The van der Waals surface area contributed by atoms with Gasteiger partial charge in [0.1, 0.15) is 5.75 Å². The maximum atomic E-state index is 10.8. The van der Waals surface area contributed by atoms with Crippen LogP contribution in [0.2, 0.25) is 0 Å². The van der Waals surface area contributed by atoms with Crippen molar-refractivity contribution in [3.05, 3.63) is 101 Å². The van der Waals surface area contributed by atoms with Gasteiger partial charge >= 0.3 is 0 Å². The minimum absolute atomic E-state index is 0.263. The Morgan fingerprint density at radius 1 is 0.680 bits per heavy atom. The third kappa shape index (κ3) is 3.07. The van der Waals surface area contributed by atoms with E-state index in [-0.39, 0.29) is 10.8 Å². The first-order valence-electron chi connectivity index (χ1n) is 8.71. The first-order chi connectivity index (χ1) is 11.8. The predicted octanol–water partition coefficient (Wildman–Crippen LogP) is 5.84. The van der Waals surface area contributed by atoms with Crippen LogP contribution < -0.4 is 0 Å². The fraction of sp³-hybridized carbons (Fsp3) is 0.250. The quantitative estimate of drug-likeness (QED) is 0.637. The lowest BCUT2D eigenvalue weighted by Gasteiger charge is -2.35. The molecule has 1 heteroatoms. The zero-order chi connectivity index (χ0) is 18.1. The first-order valence-corrected chi connectivity index (χ1v) is 8.71. The van der Waals surface area contributed by atoms with Crippen LogP contribution in [0.4, 0.5) is 0 Å². The van der Waals surface area contributed by atoms with E-state index in [1.54, 1.807) is 6.07 Å². The van der Waals surface area contributed by atoms with Gasteiger partial charge in [0.05, 0.1) is 0 Å². The molecule has 0 aromatic heterocycles. The van der Waals surface area contributed by atoms with E-state index in [0.29, 0.717) is 5.75 Å². The van der Waals surface area contributed by atoms with Gasteiger partial charge in [-0.15, -0.1) is 0 Å². The maximum Gasteiger partial charge on any atom is 0.120 e. The minimum Gasteiger partial charge on any atom is -0.508 e. The molecule has 0 unspecified atom stereocenters. The SMILES string of the molecule is CC(C)(c1ccccc1)c1[c]ccc(O)c1C(C)(C)c1ccccc1. The fourth-order valence-corrected chi connectivity index (χ4v) is 3.61. The molecule has 3 rings (SSSR count). The molecule has 0 aliphatic heterocycles. The van der Waals surface area contributed by atoms with Crippen molar-refractivity contribution in [3.63, 3.8) is 0 Å². The summed E-state index contributed by atoms with van der Waals surface area (Å²) in [6.07, 6.45) is 0.